The summed E-state index contributed by atoms with van der Waals surface area (Å²) < 4.78 is 7.59. The lowest BCUT2D eigenvalue weighted by molar-refractivity contribution is 0.588. The number of benzene rings is 2. The molecule has 0 amide bonds. The van der Waals surface area contributed by atoms with Crippen LogP contribution >= 0.6 is 11.6 Å². The highest BCUT2D eigenvalue weighted by Crippen LogP contribution is 2.32. The summed E-state index contributed by atoms with van der Waals surface area (Å²) in [7, 11) is 0. The van der Waals surface area contributed by atoms with Crippen molar-refractivity contribution in [1.29, 1.82) is 0 Å². The topological polar surface area (TPSA) is 60.9 Å². The first-order valence-electron chi connectivity index (χ1n) is 9.00. The van der Waals surface area contributed by atoms with E-state index >= 15 is 0 Å². The first-order chi connectivity index (χ1) is 14.2. The zero-order valence-electron chi connectivity index (χ0n) is 15.1. The average molecular weight is 400 g/mol. The molecule has 0 N–H and O–H groups in total. The third-order valence-electron chi connectivity index (χ3n) is 4.63. The molecule has 0 radical (unpaired) electrons. The van der Waals surface area contributed by atoms with Crippen molar-refractivity contribution in [2.24, 2.45) is 0 Å². The van der Waals surface area contributed by atoms with Gasteiger partial charge in [-0.05, 0) is 36.4 Å². The van der Waals surface area contributed by atoms with Crippen LogP contribution in [0.1, 0.15) is 0 Å². The molecule has 3 heterocycles. The van der Waals surface area contributed by atoms with Crippen molar-refractivity contribution in [3.05, 3.63) is 101 Å². The van der Waals surface area contributed by atoms with Gasteiger partial charge in [0.25, 0.3) is 5.56 Å². The average Bonchev–Trinajstić information content (AvgIpc) is 3.20. The fourth-order valence-corrected chi connectivity index (χ4v) is 3.33. The number of oxazole rings is 1. The van der Waals surface area contributed by atoms with Crippen LogP contribution in [0.15, 0.2) is 94.4 Å². The van der Waals surface area contributed by atoms with Crippen LogP contribution in [0, 0.1) is 0 Å². The van der Waals surface area contributed by atoms with Crippen LogP contribution < -0.4 is 5.56 Å². The Morgan fingerprint density at radius 1 is 0.862 bits per heavy atom. The summed E-state index contributed by atoms with van der Waals surface area (Å²) in [6.45, 7) is 0. The molecule has 0 unspecified atom stereocenters. The van der Waals surface area contributed by atoms with Crippen molar-refractivity contribution in [3.8, 4) is 28.6 Å². The minimum atomic E-state index is -0.253. The van der Waals surface area contributed by atoms with Gasteiger partial charge in [-0.3, -0.25) is 14.3 Å². The fourth-order valence-electron chi connectivity index (χ4n) is 3.20. The molecule has 5 rings (SSSR count). The van der Waals surface area contributed by atoms with Crippen molar-refractivity contribution in [3.63, 3.8) is 0 Å². The van der Waals surface area contributed by atoms with E-state index in [1.807, 2.05) is 54.6 Å². The number of aromatic nitrogens is 3. The minimum absolute atomic E-state index is 0.253. The Bertz CT molecular complexity index is 1370. The molecule has 29 heavy (non-hydrogen) atoms. The van der Waals surface area contributed by atoms with Crippen LogP contribution in [0.3, 0.4) is 0 Å². The number of nitrogens with zero attached hydrogens (tertiary/aromatic N) is 3. The van der Waals surface area contributed by atoms with E-state index in [2.05, 4.69) is 9.97 Å². The molecule has 3 aromatic heterocycles. The van der Waals surface area contributed by atoms with Gasteiger partial charge in [0.05, 0.1) is 0 Å². The van der Waals surface area contributed by atoms with Crippen LogP contribution in [0.4, 0.5) is 0 Å². The van der Waals surface area contributed by atoms with Gasteiger partial charge in [-0.25, -0.2) is 0 Å². The molecule has 0 spiro atoms. The Hall–Kier alpha value is -3.70. The maximum atomic E-state index is 13.1. The van der Waals surface area contributed by atoms with Crippen LogP contribution in [0.2, 0.25) is 5.02 Å². The molecule has 0 aliphatic heterocycles. The minimum Gasteiger partial charge on any atom is -0.434 e. The van der Waals surface area contributed by atoms with E-state index in [1.165, 1.54) is 4.57 Å². The summed E-state index contributed by atoms with van der Waals surface area (Å²) in [6.07, 6.45) is 3.30. The second-order valence-electron chi connectivity index (χ2n) is 6.48. The first-order valence-corrected chi connectivity index (χ1v) is 9.37. The van der Waals surface area contributed by atoms with E-state index in [4.69, 9.17) is 16.0 Å². The normalized spacial score (nSPS) is 11.1. The summed E-state index contributed by atoms with van der Waals surface area (Å²) >= 11 is 6.00. The smallest absolute Gasteiger partial charge is 0.282 e. The highest BCUT2D eigenvalue weighted by atomic mass is 35.5. The maximum Gasteiger partial charge on any atom is 0.282 e. The monoisotopic (exact) mass is 399 g/mol. The lowest BCUT2D eigenvalue weighted by atomic mass is 10.2. The van der Waals surface area contributed by atoms with Gasteiger partial charge in [0.1, 0.15) is 5.52 Å². The van der Waals surface area contributed by atoms with Gasteiger partial charge in [-0.1, -0.05) is 48.0 Å². The molecule has 2 aromatic carbocycles. The Morgan fingerprint density at radius 3 is 2.45 bits per heavy atom. The Kier molecular flexibility index (Phi) is 4.22. The second-order valence-corrected chi connectivity index (χ2v) is 6.91. The van der Waals surface area contributed by atoms with E-state index < -0.39 is 0 Å². The molecule has 0 saturated heterocycles. The molecular formula is C23H14ClN3O2. The third kappa shape index (κ3) is 3.11. The number of hydrogen-bond donors (Lipinski definition) is 0. The predicted molar refractivity (Wildman–Crippen MR) is 113 cm³/mol. The van der Waals surface area contributed by atoms with E-state index in [1.54, 1.807) is 30.6 Å². The number of pyridine rings is 2. The highest BCUT2D eigenvalue weighted by molar-refractivity contribution is 6.30. The van der Waals surface area contributed by atoms with E-state index in [0.717, 1.165) is 16.5 Å². The number of halogens is 1. The van der Waals surface area contributed by atoms with Gasteiger partial charge in [0.2, 0.25) is 5.89 Å². The Balaban J connectivity index is 1.76. The van der Waals surface area contributed by atoms with Gasteiger partial charge in [0, 0.05) is 33.9 Å². The van der Waals surface area contributed by atoms with Crippen molar-refractivity contribution in [2.45, 2.75) is 0 Å². The van der Waals surface area contributed by atoms with Crippen molar-refractivity contribution < 1.29 is 4.42 Å². The molecular weight excluding hydrogens is 386 g/mol. The van der Waals surface area contributed by atoms with E-state index in [9.17, 15) is 4.79 Å². The summed E-state index contributed by atoms with van der Waals surface area (Å²) in [6, 6.07) is 22.3. The molecule has 0 fully saturated rings. The lowest BCUT2D eigenvalue weighted by Crippen LogP contribution is -2.19. The molecule has 0 atom stereocenters. The summed E-state index contributed by atoms with van der Waals surface area (Å²) in [5.41, 5.74) is 1.72. The maximum absolute atomic E-state index is 13.1. The Morgan fingerprint density at radius 2 is 1.66 bits per heavy atom. The van der Waals surface area contributed by atoms with Crippen molar-refractivity contribution in [2.75, 3.05) is 0 Å². The standard InChI is InChI=1S/C23H14ClN3O2/c24-18-10-8-17(9-11-18)22-26-21(20(29-22)16-5-2-1-3-6-16)27-14-12-15-7-4-13-25-19(15)23(27)28/h1-14H. The first kappa shape index (κ1) is 17.4. The molecule has 0 aliphatic carbocycles. The van der Waals surface area contributed by atoms with Crippen LogP contribution in [0.5, 0.6) is 0 Å². The summed E-state index contributed by atoms with van der Waals surface area (Å²) in [4.78, 5) is 22.0. The van der Waals surface area contributed by atoms with Gasteiger partial charge in [0.15, 0.2) is 11.6 Å². The van der Waals surface area contributed by atoms with E-state index in [-0.39, 0.29) is 5.56 Å². The molecule has 5 aromatic rings. The Labute approximate surface area is 170 Å². The zero-order valence-corrected chi connectivity index (χ0v) is 15.9. The van der Waals surface area contributed by atoms with Gasteiger partial charge in [-0.2, -0.15) is 4.98 Å². The molecule has 0 aliphatic rings. The largest absolute Gasteiger partial charge is 0.434 e. The molecule has 140 valence electrons. The lowest BCUT2D eigenvalue weighted by Gasteiger charge is -2.05. The zero-order chi connectivity index (χ0) is 19.8. The van der Waals surface area contributed by atoms with Gasteiger partial charge < -0.3 is 4.42 Å². The van der Waals surface area contributed by atoms with Crippen LogP contribution in [-0.2, 0) is 0 Å². The van der Waals surface area contributed by atoms with E-state index in [0.29, 0.717) is 28.0 Å². The molecule has 5 nitrogen and oxygen atoms in total. The fraction of sp³-hybridized carbons (Fsp3) is 0. The van der Waals surface area contributed by atoms with Gasteiger partial charge >= 0.3 is 0 Å². The number of fused-ring (bicyclic) bond motifs is 1. The number of hydrogen-bond acceptors (Lipinski definition) is 4. The van der Waals surface area contributed by atoms with Gasteiger partial charge in [-0.15, -0.1) is 0 Å². The highest BCUT2D eigenvalue weighted by Gasteiger charge is 2.19. The summed E-state index contributed by atoms with van der Waals surface area (Å²) in [5, 5.41) is 1.40. The number of rotatable bonds is 3. The summed E-state index contributed by atoms with van der Waals surface area (Å²) in [5.74, 6) is 1.33. The molecule has 6 heteroatoms. The quantitative estimate of drug-likeness (QED) is 0.409. The van der Waals surface area contributed by atoms with Crippen LogP contribution in [0.25, 0.3) is 39.5 Å². The SMILES string of the molecule is O=c1c2ncccc2ccn1-c1nc(-c2ccc(Cl)cc2)oc1-c1ccccc1. The molecule has 0 bridgehead atoms. The van der Waals surface area contributed by atoms with Crippen LogP contribution in [-0.4, -0.2) is 14.5 Å². The third-order valence-corrected chi connectivity index (χ3v) is 4.88. The van der Waals surface area contributed by atoms with Crippen molar-refractivity contribution in [1.82, 2.24) is 14.5 Å². The second kappa shape index (κ2) is 7.04. The molecule has 0 saturated carbocycles. The van der Waals surface area contributed by atoms with Crippen molar-refractivity contribution >= 4 is 22.5 Å². The predicted octanol–water partition coefficient (Wildman–Crippen LogP) is 5.36.